The predicted octanol–water partition coefficient (Wildman–Crippen LogP) is 4.26. The Kier molecular flexibility index (Phi) is 5.94. The number of amides is 1. The van der Waals surface area contributed by atoms with E-state index in [1.54, 1.807) is 4.68 Å². The number of rotatable bonds is 7. The number of hydrogen-bond acceptors (Lipinski definition) is 5. The maximum Gasteiger partial charge on any atom is 0.236 e. The highest BCUT2D eigenvalue weighted by atomic mass is 32.2. The molecular weight excluding hydrogens is 396 g/mol. The molecule has 2 N–H and O–H groups in total. The van der Waals surface area contributed by atoms with Crippen LogP contribution < -0.4 is 5.32 Å². The second-order valence-electron chi connectivity index (χ2n) is 6.77. The first kappa shape index (κ1) is 19.9. The topological polar surface area (TPSA) is 88.5 Å². The number of H-pyrrole nitrogens is 1. The van der Waals surface area contributed by atoms with E-state index < -0.39 is 0 Å². The summed E-state index contributed by atoms with van der Waals surface area (Å²) >= 11 is 1.28. The van der Waals surface area contributed by atoms with Crippen molar-refractivity contribution in [3.63, 3.8) is 0 Å². The largest absolute Gasteiger partial charge is 0.310 e. The van der Waals surface area contributed by atoms with Crippen LogP contribution in [-0.2, 0) is 11.2 Å². The van der Waals surface area contributed by atoms with Gasteiger partial charge in [-0.25, -0.2) is 9.67 Å². The fraction of sp³-hybridized carbons (Fsp3) is 0.182. The first-order valence-electron chi connectivity index (χ1n) is 9.69. The highest BCUT2D eigenvalue weighted by Gasteiger charge is 2.13. The molecule has 7 nitrogen and oxygen atoms in total. The summed E-state index contributed by atoms with van der Waals surface area (Å²) in [7, 11) is 0. The first-order chi connectivity index (χ1) is 14.6. The van der Waals surface area contributed by atoms with Gasteiger partial charge in [0.2, 0.25) is 11.1 Å². The quantitative estimate of drug-likeness (QED) is 0.438. The SMILES string of the molecule is CCc1ccc(-c2nc(SCC(=O)Nc3cc(C)nn3-c3ccccc3)n[nH]2)cc1. The van der Waals surface area contributed by atoms with Crippen molar-refractivity contribution >= 4 is 23.5 Å². The van der Waals surface area contributed by atoms with Gasteiger partial charge in [0.25, 0.3) is 0 Å². The Bertz CT molecular complexity index is 1130. The minimum absolute atomic E-state index is 0.143. The number of aromatic amines is 1. The van der Waals surface area contributed by atoms with Crippen molar-refractivity contribution in [1.29, 1.82) is 0 Å². The van der Waals surface area contributed by atoms with Crippen molar-refractivity contribution in [3.05, 3.63) is 71.9 Å². The second-order valence-corrected chi connectivity index (χ2v) is 7.71. The van der Waals surface area contributed by atoms with Gasteiger partial charge in [0, 0.05) is 11.6 Å². The van der Waals surface area contributed by atoms with E-state index in [1.165, 1.54) is 17.3 Å². The van der Waals surface area contributed by atoms with Crippen molar-refractivity contribution in [1.82, 2.24) is 25.0 Å². The number of aryl methyl sites for hydroxylation is 2. The van der Waals surface area contributed by atoms with E-state index in [4.69, 9.17) is 0 Å². The van der Waals surface area contributed by atoms with Crippen LogP contribution in [0.25, 0.3) is 17.1 Å². The molecule has 0 spiro atoms. The van der Waals surface area contributed by atoms with E-state index >= 15 is 0 Å². The molecule has 2 heterocycles. The third-order valence-corrected chi connectivity index (χ3v) is 5.38. The van der Waals surface area contributed by atoms with Crippen molar-refractivity contribution < 1.29 is 4.79 Å². The maximum absolute atomic E-state index is 12.5. The van der Waals surface area contributed by atoms with Gasteiger partial charge in [-0.15, -0.1) is 5.10 Å². The van der Waals surface area contributed by atoms with Crippen LogP contribution >= 0.6 is 11.8 Å². The van der Waals surface area contributed by atoms with Crippen LogP contribution in [0.4, 0.5) is 5.82 Å². The average molecular weight is 419 g/mol. The smallest absolute Gasteiger partial charge is 0.236 e. The van der Waals surface area contributed by atoms with E-state index in [-0.39, 0.29) is 11.7 Å². The van der Waals surface area contributed by atoms with Crippen LogP contribution in [0.3, 0.4) is 0 Å². The zero-order chi connectivity index (χ0) is 20.9. The number of para-hydroxylation sites is 1. The normalized spacial score (nSPS) is 10.9. The third kappa shape index (κ3) is 4.60. The molecule has 0 unspecified atom stereocenters. The number of nitrogens with one attached hydrogen (secondary N) is 2. The number of aromatic nitrogens is 5. The number of anilines is 1. The Morgan fingerprint density at radius 3 is 2.63 bits per heavy atom. The van der Waals surface area contributed by atoms with Gasteiger partial charge in [0.1, 0.15) is 5.82 Å². The van der Waals surface area contributed by atoms with Gasteiger partial charge in [-0.05, 0) is 31.0 Å². The minimum atomic E-state index is -0.143. The zero-order valence-corrected chi connectivity index (χ0v) is 17.6. The monoisotopic (exact) mass is 418 g/mol. The molecule has 0 radical (unpaired) electrons. The zero-order valence-electron chi connectivity index (χ0n) is 16.8. The first-order valence-corrected chi connectivity index (χ1v) is 10.7. The average Bonchev–Trinajstić information content (AvgIpc) is 3.39. The highest BCUT2D eigenvalue weighted by molar-refractivity contribution is 7.99. The van der Waals surface area contributed by atoms with Gasteiger partial charge < -0.3 is 5.32 Å². The van der Waals surface area contributed by atoms with Crippen molar-refractivity contribution in [3.8, 4) is 17.1 Å². The standard InChI is InChI=1S/C22H22N6OS/c1-3-16-9-11-17(12-10-16)21-24-22(26-25-21)30-14-20(29)23-19-13-15(2)27-28(19)18-7-5-4-6-8-18/h4-13H,3,14H2,1-2H3,(H,23,29)(H,24,25,26). The van der Waals surface area contributed by atoms with Crippen LogP contribution in [0.1, 0.15) is 18.2 Å². The van der Waals surface area contributed by atoms with Crippen LogP contribution in [-0.4, -0.2) is 36.6 Å². The van der Waals surface area contributed by atoms with Crippen molar-refractivity contribution in [2.45, 2.75) is 25.4 Å². The molecule has 0 aliphatic carbocycles. The van der Waals surface area contributed by atoms with E-state index in [0.717, 1.165) is 23.4 Å². The van der Waals surface area contributed by atoms with Crippen LogP contribution in [0, 0.1) is 6.92 Å². The number of thioether (sulfide) groups is 1. The molecule has 2 aromatic carbocycles. The number of carbonyl (C=O) groups excluding carboxylic acids is 1. The summed E-state index contributed by atoms with van der Waals surface area (Å²) in [5, 5.41) is 15.1. The molecule has 30 heavy (non-hydrogen) atoms. The summed E-state index contributed by atoms with van der Waals surface area (Å²) < 4.78 is 1.72. The molecule has 8 heteroatoms. The molecular formula is C22H22N6OS. The maximum atomic E-state index is 12.5. The van der Waals surface area contributed by atoms with Gasteiger partial charge in [0.05, 0.1) is 17.1 Å². The molecule has 0 aliphatic rings. The van der Waals surface area contributed by atoms with Crippen LogP contribution in [0.5, 0.6) is 0 Å². The van der Waals surface area contributed by atoms with E-state index in [1.807, 2.05) is 55.5 Å². The lowest BCUT2D eigenvalue weighted by molar-refractivity contribution is -0.113. The Morgan fingerprint density at radius 1 is 1.13 bits per heavy atom. The molecule has 0 saturated heterocycles. The molecule has 4 aromatic rings. The summed E-state index contributed by atoms with van der Waals surface area (Å²) in [5.74, 6) is 1.38. The highest BCUT2D eigenvalue weighted by Crippen LogP contribution is 2.21. The number of hydrogen-bond donors (Lipinski definition) is 2. The summed E-state index contributed by atoms with van der Waals surface area (Å²) in [5.41, 5.74) is 3.96. The fourth-order valence-electron chi connectivity index (χ4n) is 3.00. The number of carbonyl (C=O) groups is 1. The molecule has 0 bridgehead atoms. The van der Waals surface area contributed by atoms with Gasteiger partial charge in [-0.1, -0.05) is 61.2 Å². The van der Waals surface area contributed by atoms with Crippen LogP contribution in [0.15, 0.2) is 65.8 Å². The summed E-state index contributed by atoms with van der Waals surface area (Å²) in [6, 6.07) is 19.7. The van der Waals surface area contributed by atoms with E-state index in [0.29, 0.717) is 16.8 Å². The van der Waals surface area contributed by atoms with Gasteiger partial charge in [0.15, 0.2) is 5.82 Å². The fourth-order valence-corrected chi connectivity index (χ4v) is 3.60. The summed E-state index contributed by atoms with van der Waals surface area (Å²) in [6.45, 7) is 4.02. The Balaban J connectivity index is 1.39. The molecule has 0 aliphatic heterocycles. The van der Waals surface area contributed by atoms with Crippen molar-refractivity contribution in [2.75, 3.05) is 11.1 Å². The summed E-state index contributed by atoms with van der Waals surface area (Å²) in [6.07, 6.45) is 0.996. The Hall–Kier alpha value is -3.39. The number of benzene rings is 2. The molecule has 4 rings (SSSR count). The summed E-state index contributed by atoms with van der Waals surface area (Å²) in [4.78, 5) is 17.0. The molecule has 0 atom stereocenters. The molecule has 1 amide bonds. The Morgan fingerprint density at radius 2 is 1.90 bits per heavy atom. The lowest BCUT2D eigenvalue weighted by Gasteiger charge is -2.08. The molecule has 2 aromatic heterocycles. The second kappa shape index (κ2) is 8.96. The van der Waals surface area contributed by atoms with Gasteiger partial charge in [-0.3, -0.25) is 9.89 Å². The Labute approximate surface area is 178 Å². The lowest BCUT2D eigenvalue weighted by Crippen LogP contribution is -2.17. The molecule has 0 fully saturated rings. The van der Waals surface area contributed by atoms with E-state index in [2.05, 4.69) is 44.7 Å². The van der Waals surface area contributed by atoms with Crippen molar-refractivity contribution in [2.24, 2.45) is 0 Å². The lowest BCUT2D eigenvalue weighted by atomic mass is 10.1. The van der Waals surface area contributed by atoms with E-state index in [9.17, 15) is 4.79 Å². The minimum Gasteiger partial charge on any atom is -0.310 e. The van der Waals surface area contributed by atoms with Gasteiger partial charge >= 0.3 is 0 Å². The predicted molar refractivity (Wildman–Crippen MR) is 119 cm³/mol. The third-order valence-electron chi connectivity index (χ3n) is 4.53. The number of nitrogens with zero attached hydrogens (tertiary/aromatic N) is 4. The molecule has 152 valence electrons. The van der Waals surface area contributed by atoms with Crippen LogP contribution in [0.2, 0.25) is 0 Å². The molecule has 0 saturated carbocycles. The van der Waals surface area contributed by atoms with Gasteiger partial charge in [-0.2, -0.15) is 5.10 Å².